The number of ether oxygens (including phenoxy) is 1. The molecule has 0 aliphatic carbocycles. The summed E-state index contributed by atoms with van der Waals surface area (Å²) in [7, 11) is 1.73. The van der Waals surface area contributed by atoms with Gasteiger partial charge in [-0.15, -0.1) is 0 Å². The zero-order valence-electron chi connectivity index (χ0n) is 12.4. The third kappa shape index (κ3) is 4.56. The van der Waals surface area contributed by atoms with Crippen molar-refractivity contribution >= 4 is 23.3 Å². The van der Waals surface area contributed by atoms with E-state index < -0.39 is 0 Å². The molecule has 2 rings (SSSR count). The summed E-state index contributed by atoms with van der Waals surface area (Å²) in [4.78, 5) is 18.5. The Morgan fingerprint density at radius 2 is 2.38 bits per heavy atom. The minimum Gasteiger partial charge on any atom is -0.374 e. The average Bonchev–Trinajstić information content (AvgIpc) is 2.52. The molecule has 2 N–H and O–H groups in total. The Kier molecular flexibility index (Phi) is 5.78. The Balaban J connectivity index is 1.91. The number of pyridine rings is 1. The first kappa shape index (κ1) is 16.0. The number of morpholine rings is 1. The first-order valence-electron chi connectivity index (χ1n) is 7.10. The van der Waals surface area contributed by atoms with Crippen LogP contribution in [0.5, 0.6) is 0 Å². The second kappa shape index (κ2) is 7.59. The van der Waals surface area contributed by atoms with Gasteiger partial charge in [0.05, 0.1) is 12.7 Å². The molecule has 1 aliphatic rings. The van der Waals surface area contributed by atoms with E-state index >= 15 is 0 Å². The molecule has 6 nitrogen and oxygen atoms in total. The smallest absolute Gasteiger partial charge is 0.251 e. The number of nitrogens with one attached hydrogen (secondary N) is 2. The Labute approximate surface area is 129 Å². The quantitative estimate of drug-likeness (QED) is 0.801. The zero-order valence-corrected chi connectivity index (χ0v) is 13.1. The molecule has 0 radical (unpaired) electrons. The Morgan fingerprint density at radius 3 is 3.10 bits per heavy atom. The first-order chi connectivity index (χ1) is 10.1. The van der Waals surface area contributed by atoms with E-state index in [0.29, 0.717) is 24.5 Å². The van der Waals surface area contributed by atoms with Crippen LogP contribution in [0.1, 0.15) is 17.3 Å². The predicted octanol–water partition coefficient (Wildman–Crippen LogP) is 1.23. The molecule has 0 aromatic carbocycles. The molecule has 1 fully saturated rings. The third-order valence-electron chi connectivity index (χ3n) is 3.47. The minimum atomic E-state index is -0.173. The van der Waals surface area contributed by atoms with Gasteiger partial charge in [0.2, 0.25) is 0 Å². The normalized spacial score (nSPS) is 19.3. The molecular weight excluding hydrogens is 292 g/mol. The minimum absolute atomic E-state index is 0.0312. The fourth-order valence-corrected chi connectivity index (χ4v) is 2.46. The van der Waals surface area contributed by atoms with E-state index in [4.69, 9.17) is 16.3 Å². The maximum Gasteiger partial charge on any atom is 0.251 e. The van der Waals surface area contributed by atoms with Gasteiger partial charge in [0.1, 0.15) is 11.0 Å². The summed E-state index contributed by atoms with van der Waals surface area (Å²) in [5.41, 5.74) is 0.488. The molecular formula is C14H21ClN4O2. The fraction of sp³-hybridized carbons (Fsp3) is 0.571. The summed E-state index contributed by atoms with van der Waals surface area (Å²) >= 11 is 5.90. The Hall–Kier alpha value is -1.37. The molecule has 21 heavy (non-hydrogen) atoms. The van der Waals surface area contributed by atoms with Crippen LogP contribution in [0.15, 0.2) is 12.1 Å². The van der Waals surface area contributed by atoms with E-state index in [-0.39, 0.29) is 17.2 Å². The number of halogens is 1. The Bertz CT molecular complexity index is 498. The van der Waals surface area contributed by atoms with Gasteiger partial charge in [-0.05, 0) is 18.7 Å². The van der Waals surface area contributed by atoms with Crippen molar-refractivity contribution in [2.45, 2.75) is 13.0 Å². The number of aromatic nitrogens is 1. The topological polar surface area (TPSA) is 66.5 Å². The highest BCUT2D eigenvalue weighted by atomic mass is 35.5. The number of hydrogen-bond donors (Lipinski definition) is 2. The largest absolute Gasteiger partial charge is 0.374 e. The standard InChI is InChI=1S/C14H21ClN4O2/c1-3-19-4-5-21-11(9-19)8-17-14(20)10-6-12(15)18-13(7-10)16-2/h6-7,11H,3-5,8-9H2,1-2H3,(H,16,18)(H,17,20). The summed E-state index contributed by atoms with van der Waals surface area (Å²) in [5.74, 6) is 0.395. The van der Waals surface area contributed by atoms with Crippen LogP contribution in [0.3, 0.4) is 0 Å². The van der Waals surface area contributed by atoms with Crippen LogP contribution in [0, 0.1) is 0 Å². The van der Waals surface area contributed by atoms with E-state index in [2.05, 4.69) is 27.4 Å². The van der Waals surface area contributed by atoms with Crippen molar-refractivity contribution in [3.63, 3.8) is 0 Å². The average molecular weight is 313 g/mol. The van der Waals surface area contributed by atoms with Crippen molar-refractivity contribution in [3.8, 4) is 0 Å². The first-order valence-corrected chi connectivity index (χ1v) is 7.47. The number of carbonyl (C=O) groups excluding carboxylic acids is 1. The molecule has 0 spiro atoms. The molecule has 1 unspecified atom stereocenters. The van der Waals surface area contributed by atoms with Crippen LogP contribution < -0.4 is 10.6 Å². The number of nitrogens with zero attached hydrogens (tertiary/aromatic N) is 2. The molecule has 1 aromatic heterocycles. The van der Waals surface area contributed by atoms with E-state index in [0.717, 1.165) is 19.6 Å². The zero-order chi connectivity index (χ0) is 15.2. The molecule has 1 atom stereocenters. The van der Waals surface area contributed by atoms with Gasteiger partial charge in [-0.3, -0.25) is 9.69 Å². The second-order valence-corrected chi connectivity index (χ2v) is 5.30. The van der Waals surface area contributed by atoms with Crippen LogP contribution in [0.4, 0.5) is 5.82 Å². The van der Waals surface area contributed by atoms with Crippen LogP contribution in [0.25, 0.3) is 0 Å². The maximum atomic E-state index is 12.2. The van der Waals surface area contributed by atoms with Crippen molar-refractivity contribution in [1.82, 2.24) is 15.2 Å². The second-order valence-electron chi connectivity index (χ2n) is 4.91. The highest BCUT2D eigenvalue weighted by molar-refractivity contribution is 6.29. The molecule has 0 bridgehead atoms. The molecule has 0 saturated carbocycles. The van der Waals surface area contributed by atoms with Gasteiger partial charge in [0.15, 0.2) is 0 Å². The van der Waals surface area contributed by atoms with Crippen molar-refractivity contribution in [1.29, 1.82) is 0 Å². The summed E-state index contributed by atoms with van der Waals surface area (Å²) in [6.07, 6.45) is 0.0312. The van der Waals surface area contributed by atoms with Crippen molar-refractivity contribution in [2.24, 2.45) is 0 Å². The highest BCUT2D eigenvalue weighted by Gasteiger charge is 2.20. The lowest BCUT2D eigenvalue weighted by Crippen LogP contribution is -2.47. The lowest BCUT2D eigenvalue weighted by Gasteiger charge is -2.32. The maximum absolute atomic E-state index is 12.2. The van der Waals surface area contributed by atoms with Gasteiger partial charge in [-0.1, -0.05) is 18.5 Å². The van der Waals surface area contributed by atoms with Gasteiger partial charge < -0.3 is 15.4 Å². The van der Waals surface area contributed by atoms with Crippen molar-refractivity contribution in [3.05, 3.63) is 22.8 Å². The van der Waals surface area contributed by atoms with Gasteiger partial charge in [0.25, 0.3) is 5.91 Å². The van der Waals surface area contributed by atoms with E-state index in [9.17, 15) is 4.79 Å². The summed E-state index contributed by atoms with van der Waals surface area (Å²) in [6.45, 7) is 6.12. The molecule has 7 heteroatoms. The number of rotatable bonds is 5. The number of carbonyl (C=O) groups is 1. The molecule has 1 aromatic rings. The van der Waals surface area contributed by atoms with E-state index in [1.165, 1.54) is 0 Å². The van der Waals surface area contributed by atoms with Crippen LogP contribution >= 0.6 is 11.6 Å². The summed E-state index contributed by atoms with van der Waals surface area (Å²) in [5, 5.41) is 6.05. The monoisotopic (exact) mass is 312 g/mol. The molecule has 2 heterocycles. The van der Waals surface area contributed by atoms with Gasteiger partial charge in [-0.2, -0.15) is 0 Å². The van der Waals surface area contributed by atoms with Gasteiger partial charge in [-0.25, -0.2) is 4.98 Å². The third-order valence-corrected chi connectivity index (χ3v) is 3.67. The number of hydrogen-bond acceptors (Lipinski definition) is 5. The Morgan fingerprint density at radius 1 is 1.57 bits per heavy atom. The fourth-order valence-electron chi connectivity index (χ4n) is 2.26. The van der Waals surface area contributed by atoms with Gasteiger partial charge in [0, 0.05) is 32.2 Å². The number of anilines is 1. The van der Waals surface area contributed by atoms with Crippen LogP contribution in [0.2, 0.25) is 5.15 Å². The summed E-state index contributed by atoms with van der Waals surface area (Å²) in [6, 6.07) is 3.22. The van der Waals surface area contributed by atoms with Crippen LogP contribution in [-0.4, -0.2) is 61.7 Å². The number of likely N-dealkylation sites (N-methyl/N-ethyl adjacent to an activating group) is 1. The summed E-state index contributed by atoms with van der Waals surface area (Å²) < 4.78 is 5.66. The molecule has 1 aliphatic heterocycles. The van der Waals surface area contributed by atoms with Crippen molar-refractivity contribution < 1.29 is 9.53 Å². The number of amides is 1. The molecule has 116 valence electrons. The van der Waals surface area contributed by atoms with E-state index in [1.807, 2.05) is 0 Å². The van der Waals surface area contributed by atoms with Crippen LogP contribution in [-0.2, 0) is 4.74 Å². The van der Waals surface area contributed by atoms with Gasteiger partial charge >= 0.3 is 0 Å². The highest BCUT2D eigenvalue weighted by Crippen LogP contribution is 2.14. The van der Waals surface area contributed by atoms with E-state index in [1.54, 1.807) is 19.2 Å². The van der Waals surface area contributed by atoms with Crippen molar-refractivity contribution in [2.75, 3.05) is 45.2 Å². The molecule has 1 amide bonds. The lowest BCUT2D eigenvalue weighted by molar-refractivity contribution is -0.0246. The molecule has 1 saturated heterocycles. The lowest BCUT2D eigenvalue weighted by atomic mass is 10.2. The predicted molar refractivity (Wildman–Crippen MR) is 83.0 cm³/mol. The SMILES string of the molecule is CCN1CCOC(CNC(=O)c2cc(Cl)nc(NC)c2)C1.